The predicted octanol–water partition coefficient (Wildman–Crippen LogP) is 3.08. The zero-order chi connectivity index (χ0) is 25.3. The molecule has 2 amide bonds. The minimum Gasteiger partial charge on any atom is -0.348 e. The third-order valence-electron chi connectivity index (χ3n) is 5.84. The molecule has 186 valence electrons. The molecule has 1 aliphatic heterocycles. The first-order valence-electron chi connectivity index (χ1n) is 11.7. The zero-order valence-electron chi connectivity index (χ0n) is 20.3. The summed E-state index contributed by atoms with van der Waals surface area (Å²) in [5.41, 5.74) is 13.5. The minimum atomic E-state index is -0.220. The Morgan fingerprint density at radius 1 is 0.944 bits per heavy atom. The van der Waals surface area contributed by atoms with Crippen LogP contribution in [-0.2, 0) is 19.5 Å². The second-order valence-corrected chi connectivity index (χ2v) is 8.54. The van der Waals surface area contributed by atoms with E-state index in [0.717, 1.165) is 30.8 Å². The summed E-state index contributed by atoms with van der Waals surface area (Å²) in [5.74, 6) is -0.404. The van der Waals surface area contributed by atoms with Crippen molar-refractivity contribution >= 4 is 23.2 Å². The summed E-state index contributed by atoms with van der Waals surface area (Å²) in [6.45, 7) is 2.23. The number of carbonyl (C=O) groups excluding carboxylic acids is 2. The first kappa shape index (κ1) is 25.0. The highest BCUT2D eigenvalue weighted by molar-refractivity contribution is 6.04. The van der Waals surface area contributed by atoms with Crippen molar-refractivity contribution in [2.45, 2.75) is 19.5 Å². The van der Waals surface area contributed by atoms with Crippen LogP contribution >= 0.6 is 0 Å². The van der Waals surface area contributed by atoms with Gasteiger partial charge in [-0.1, -0.05) is 23.4 Å². The fraction of sp³-hybridized carbons (Fsp3) is 0.231. The van der Waals surface area contributed by atoms with Gasteiger partial charge in [-0.25, -0.2) is 11.0 Å². The lowest BCUT2D eigenvalue weighted by Crippen LogP contribution is -2.36. The maximum atomic E-state index is 12.9. The molecule has 1 aliphatic rings. The van der Waals surface area contributed by atoms with Gasteiger partial charge in [0.05, 0.1) is 5.69 Å². The highest BCUT2D eigenvalue weighted by Gasteiger charge is 2.15. The summed E-state index contributed by atoms with van der Waals surface area (Å²) in [5, 5.41) is 13.6. The number of anilines is 1. The fourth-order valence-corrected chi connectivity index (χ4v) is 3.93. The number of amides is 2. The van der Waals surface area contributed by atoms with Gasteiger partial charge in [0.1, 0.15) is 0 Å². The van der Waals surface area contributed by atoms with Crippen LogP contribution in [-0.4, -0.2) is 37.4 Å². The molecule has 1 heterocycles. The molecule has 0 aromatic heterocycles. The second kappa shape index (κ2) is 12.0. The first-order chi connectivity index (χ1) is 17.5. The second-order valence-electron chi connectivity index (χ2n) is 8.54. The van der Waals surface area contributed by atoms with Crippen LogP contribution in [0.3, 0.4) is 0 Å². The summed E-state index contributed by atoms with van der Waals surface area (Å²) in [7, 11) is 3.79. The molecule has 10 heteroatoms. The van der Waals surface area contributed by atoms with Crippen molar-refractivity contribution in [1.82, 2.24) is 26.7 Å². The lowest BCUT2D eigenvalue weighted by molar-refractivity contribution is 0.0950. The number of rotatable bonds is 9. The van der Waals surface area contributed by atoms with Crippen molar-refractivity contribution in [3.05, 3.63) is 94.5 Å². The van der Waals surface area contributed by atoms with Gasteiger partial charge >= 0.3 is 0 Å². The molecule has 0 saturated carbocycles. The van der Waals surface area contributed by atoms with Gasteiger partial charge in [-0.05, 0) is 78.7 Å². The van der Waals surface area contributed by atoms with Gasteiger partial charge in [-0.3, -0.25) is 9.59 Å². The molecule has 3 aromatic carbocycles. The molecule has 0 atom stereocenters. The topological polar surface area (TPSA) is 122 Å². The monoisotopic (exact) mass is 486 g/mol. The number of likely N-dealkylation sites (N-methyl/N-ethyl adjacent to an activating group) is 1. The van der Waals surface area contributed by atoms with Gasteiger partial charge in [0.15, 0.2) is 0 Å². The standard InChI is InChI=1S/C26H30N8O2/c1-27-31-33-32-30-23-9-7-20(8-10-23)25(35)28-16-18-4-3-5-21(14-18)26(36)29-24-11-6-19-12-13-34(2)17-22(19)15-24/h3-11,14-15H,12-13,16-17H2,1-2H3,(H,28,35)(H,29,36)(H,31,32)(H2,27,30,33). The number of hydrogen-bond donors (Lipinski definition) is 5. The van der Waals surface area contributed by atoms with E-state index in [1.54, 1.807) is 43.4 Å². The van der Waals surface area contributed by atoms with Crippen LogP contribution in [0.2, 0.25) is 0 Å². The zero-order valence-corrected chi connectivity index (χ0v) is 20.3. The largest absolute Gasteiger partial charge is 0.348 e. The van der Waals surface area contributed by atoms with E-state index in [4.69, 9.17) is 0 Å². The lowest BCUT2D eigenvalue weighted by atomic mass is 9.99. The number of benzene rings is 3. The number of carbonyl (C=O) groups is 2. The molecule has 0 spiro atoms. The van der Waals surface area contributed by atoms with E-state index < -0.39 is 0 Å². The van der Waals surface area contributed by atoms with Crippen molar-refractivity contribution in [3.63, 3.8) is 0 Å². The van der Waals surface area contributed by atoms with E-state index in [-0.39, 0.29) is 11.8 Å². The van der Waals surface area contributed by atoms with Crippen LogP contribution in [0.15, 0.2) is 77.1 Å². The smallest absolute Gasteiger partial charge is 0.255 e. The van der Waals surface area contributed by atoms with Gasteiger partial charge < -0.3 is 15.5 Å². The summed E-state index contributed by atoms with van der Waals surface area (Å²) in [6.07, 6.45) is 1.02. The first-order valence-corrected chi connectivity index (χ1v) is 11.7. The van der Waals surface area contributed by atoms with E-state index in [9.17, 15) is 9.59 Å². The summed E-state index contributed by atoms with van der Waals surface area (Å²) < 4.78 is 0. The Morgan fingerprint density at radius 2 is 1.78 bits per heavy atom. The van der Waals surface area contributed by atoms with Crippen LogP contribution in [0.5, 0.6) is 0 Å². The lowest BCUT2D eigenvalue weighted by Gasteiger charge is -2.25. The maximum absolute atomic E-state index is 12.9. The molecular weight excluding hydrogens is 456 g/mol. The van der Waals surface area contributed by atoms with Crippen molar-refractivity contribution in [3.8, 4) is 0 Å². The summed E-state index contributed by atoms with van der Waals surface area (Å²) in [4.78, 5) is 27.7. The van der Waals surface area contributed by atoms with Crippen LogP contribution in [0.1, 0.15) is 37.4 Å². The van der Waals surface area contributed by atoms with Crippen molar-refractivity contribution in [2.24, 2.45) is 10.3 Å². The average Bonchev–Trinajstić information content (AvgIpc) is 2.90. The molecule has 10 nitrogen and oxygen atoms in total. The number of nitrogens with one attached hydrogen (secondary N) is 5. The molecule has 0 fully saturated rings. The van der Waals surface area contributed by atoms with E-state index >= 15 is 0 Å². The third kappa shape index (κ3) is 6.72. The Bertz CT molecular complexity index is 1240. The maximum Gasteiger partial charge on any atom is 0.255 e. The molecule has 0 unspecified atom stereocenters. The highest BCUT2D eigenvalue weighted by atomic mass is 16.2. The van der Waals surface area contributed by atoms with Crippen molar-refractivity contribution < 1.29 is 9.59 Å². The average molecular weight is 487 g/mol. The van der Waals surface area contributed by atoms with Gasteiger partial charge in [0.25, 0.3) is 11.8 Å². The van der Waals surface area contributed by atoms with Crippen molar-refractivity contribution in [2.75, 3.05) is 26.0 Å². The molecule has 4 rings (SSSR count). The Hall–Kier alpha value is -4.12. The van der Waals surface area contributed by atoms with Crippen LogP contribution in [0.4, 0.5) is 11.4 Å². The molecule has 0 saturated heterocycles. The van der Waals surface area contributed by atoms with Gasteiger partial charge in [-0.15, -0.1) is 5.11 Å². The number of hydrogen-bond acceptors (Lipinski definition) is 7. The van der Waals surface area contributed by atoms with Crippen LogP contribution < -0.4 is 27.1 Å². The fourth-order valence-electron chi connectivity index (χ4n) is 3.93. The molecule has 5 N–H and O–H groups in total. The predicted molar refractivity (Wildman–Crippen MR) is 138 cm³/mol. The Kier molecular flexibility index (Phi) is 8.35. The Morgan fingerprint density at radius 3 is 2.58 bits per heavy atom. The van der Waals surface area contributed by atoms with Gasteiger partial charge in [0, 0.05) is 43.5 Å². The van der Waals surface area contributed by atoms with E-state index in [1.807, 2.05) is 18.2 Å². The number of fused-ring (bicyclic) bond motifs is 1. The highest BCUT2D eigenvalue weighted by Crippen LogP contribution is 2.22. The Labute approximate surface area is 210 Å². The van der Waals surface area contributed by atoms with E-state index in [0.29, 0.717) is 23.4 Å². The van der Waals surface area contributed by atoms with E-state index in [2.05, 4.69) is 61.5 Å². The Balaban J connectivity index is 1.32. The van der Waals surface area contributed by atoms with Crippen LogP contribution in [0.25, 0.3) is 0 Å². The molecule has 3 aromatic rings. The van der Waals surface area contributed by atoms with Gasteiger partial charge in [-0.2, -0.15) is 5.53 Å². The summed E-state index contributed by atoms with van der Waals surface area (Å²) >= 11 is 0. The molecule has 0 radical (unpaired) electrons. The SMILES string of the molecule is CNNNN=Nc1ccc(C(=O)NCc2cccc(C(=O)Nc3ccc4c(c3)CN(C)CC4)c2)cc1. The van der Waals surface area contributed by atoms with Crippen molar-refractivity contribution in [1.29, 1.82) is 0 Å². The third-order valence-corrected chi connectivity index (χ3v) is 5.84. The number of hydrazine groups is 2. The number of nitrogens with zero attached hydrogens (tertiary/aromatic N) is 3. The van der Waals surface area contributed by atoms with E-state index in [1.165, 1.54) is 11.1 Å². The quantitative estimate of drug-likeness (QED) is 0.180. The molecule has 36 heavy (non-hydrogen) atoms. The molecular formula is C26H30N8O2. The van der Waals surface area contributed by atoms with Gasteiger partial charge in [0.2, 0.25) is 0 Å². The van der Waals surface area contributed by atoms with Crippen LogP contribution in [0, 0.1) is 0 Å². The summed E-state index contributed by atoms with van der Waals surface area (Å²) in [6, 6.07) is 20.1. The normalized spacial score (nSPS) is 13.3. The molecule has 0 aliphatic carbocycles. The molecule has 0 bridgehead atoms. The minimum absolute atomic E-state index is 0.184.